The first-order valence-corrected chi connectivity index (χ1v) is 23.5. The SMILES string of the molecule is C[C@H](c1ccc(F)cc1)n1cncc1C1COCC2CN(S(=O)(=O)c3cnc(Nc4ccccn4)s3)CCN21.C[C@H](c1ccc(F)cc1)n1cncc1C1COCC2CNCCN21. The van der Waals surface area contributed by atoms with Crippen LogP contribution >= 0.6 is 11.3 Å². The number of sulfonamides is 1. The summed E-state index contributed by atoms with van der Waals surface area (Å²) in [6, 6.07) is 19.2. The monoisotopic (exact) mass is 899 g/mol. The Morgan fingerprint density at radius 1 is 0.746 bits per heavy atom. The van der Waals surface area contributed by atoms with Crippen LogP contribution in [0.5, 0.6) is 0 Å². The van der Waals surface area contributed by atoms with Gasteiger partial charge in [0.05, 0.1) is 80.8 Å². The van der Waals surface area contributed by atoms with E-state index >= 15 is 0 Å². The first-order valence-electron chi connectivity index (χ1n) is 21.2. The van der Waals surface area contributed by atoms with Gasteiger partial charge in [-0.2, -0.15) is 4.31 Å². The number of fused-ring (bicyclic) bond motifs is 2. The molecule has 10 rings (SSSR count). The van der Waals surface area contributed by atoms with E-state index in [2.05, 4.69) is 63.4 Å². The molecule has 19 heteroatoms. The van der Waals surface area contributed by atoms with Crippen molar-refractivity contribution in [2.24, 2.45) is 0 Å². The molecule has 4 unspecified atom stereocenters. The summed E-state index contributed by atoms with van der Waals surface area (Å²) in [6.45, 7) is 10.8. The van der Waals surface area contributed by atoms with Crippen LogP contribution in [0, 0.1) is 11.6 Å². The molecule has 4 fully saturated rings. The minimum Gasteiger partial charge on any atom is -0.378 e. The van der Waals surface area contributed by atoms with Crippen molar-refractivity contribution in [1.29, 1.82) is 0 Å². The highest BCUT2D eigenvalue weighted by molar-refractivity contribution is 7.91. The second-order valence-corrected chi connectivity index (χ2v) is 19.4. The number of pyridine rings is 1. The Morgan fingerprint density at radius 2 is 1.35 bits per heavy atom. The van der Waals surface area contributed by atoms with Gasteiger partial charge >= 0.3 is 0 Å². The van der Waals surface area contributed by atoms with Gasteiger partial charge in [-0.25, -0.2) is 37.1 Å². The number of thiazole rings is 1. The Balaban J connectivity index is 0.000000179. The summed E-state index contributed by atoms with van der Waals surface area (Å²) in [4.78, 5) is 22.1. The smallest absolute Gasteiger partial charge is 0.254 e. The summed E-state index contributed by atoms with van der Waals surface area (Å²) in [5.74, 6) is 0.121. The molecular formula is C44H51F2N11O4S2. The van der Waals surface area contributed by atoms with Gasteiger partial charge in [-0.05, 0) is 61.4 Å². The average molecular weight is 900 g/mol. The fourth-order valence-electron chi connectivity index (χ4n) is 9.00. The number of ether oxygens (including phenoxy) is 2. The van der Waals surface area contributed by atoms with Gasteiger partial charge in [0, 0.05) is 69.9 Å². The molecule has 4 saturated heterocycles. The zero-order valence-electron chi connectivity index (χ0n) is 35.1. The van der Waals surface area contributed by atoms with E-state index in [1.54, 1.807) is 30.7 Å². The molecule has 2 aromatic carbocycles. The minimum atomic E-state index is -3.72. The summed E-state index contributed by atoms with van der Waals surface area (Å²) < 4.78 is 71.5. The highest BCUT2D eigenvalue weighted by Gasteiger charge is 2.42. The number of nitrogens with one attached hydrogen (secondary N) is 2. The molecule has 4 aliphatic heterocycles. The van der Waals surface area contributed by atoms with E-state index < -0.39 is 10.0 Å². The van der Waals surface area contributed by atoms with Gasteiger partial charge in [-0.1, -0.05) is 41.7 Å². The lowest BCUT2D eigenvalue weighted by atomic mass is 10.0. The lowest BCUT2D eigenvalue weighted by Gasteiger charge is -2.47. The number of benzene rings is 2. The van der Waals surface area contributed by atoms with Crippen LogP contribution in [0.2, 0.25) is 0 Å². The van der Waals surface area contributed by atoms with E-state index in [0.29, 0.717) is 56.4 Å². The summed E-state index contributed by atoms with van der Waals surface area (Å²) in [6.07, 6.45) is 10.5. The second kappa shape index (κ2) is 19.0. The molecule has 8 heterocycles. The van der Waals surface area contributed by atoms with Crippen LogP contribution in [0.3, 0.4) is 0 Å². The fourth-order valence-corrected chi connectivity index (χ4v) is 11.7. The van der Waals surface area contributed by atoms with Gasteiger partial charge in [0.15, 0.2) is 9.34 Å². The molecule has 332 valence electrons. The predicted molar refractivity (Wildman–Crippen MR) is 234 cm³/mol. The van der Waals surface area contributed by atoms with Crippen LogP contribution in [0.15, 0.2) is 108 Å². The molecule has 15 nitrogen and oxygen atoms in total. The fraction of sp³-hybridized carbons (Fsp3) is 0.409. The van der Waals surface area contributed by atoms with E-state index in [1.807, 2.05) is 43.0 Å². The van der Waals surface area contributed by atoms with Crippen molar-refractivity contribution < 1.29 is 26.7 Å². The molecule has 63 heavy (non-hydrogen) atoms. The Morgan fingerprint density at radius 3 is 1.95 bits per heavy atom. The van der Waals surface area contributed by atoms with Crippen LogP contribution in [0.4, 0.5) is 19.7 Å². The van der Waals surface area contributed by atoms with Crippen LogP contribution in [0.1, 0.15) is 60.5 Å². The van der Waals surface area contributed by atoms with Crippen molar-refractivity contribution in [2.75, 3.05) is 71.0 Å². The van der Waals surface area contributed by atoms with E-state index in [-0.39, 0.29) is 46.1 Å². The molecule has 6 atom stereocenters. The quantitative estimate of drug-likeness (QED) is 0.175. The molecule has 0 bridgehead atoms. The molecule has 0 aliphatic carbocycles. The van der Waals surface area contributed by atoms with Gasteiger partial charge in [0.1, 0.15) is 17.5 Å². The first kappa shape index (κ1) is 43.3. The van der Waals surface area contributed by atoms with Crippen LogP contribution in [-0.4, -0.2) is 129 Å². The highest BCUT2D eigenvalue weighted by Crippen LogP contribution is 2.36. The van der Waals surface area contributed by atoms with E-state index in [0.717, 1.165) is 54.4 Å². The van der Waals surface area contributed by atoms with E-state index in [4.69, 9.17) is 9.47 Å². The Kier molecular flexibility index (Phi) is 13.1. The maximum absolute atomic E-state index is 13.5. The van der Waals surface area contributed by atoms with Gasteiger partial charge in [0.2, 0.25) is 0 Å². The molecule has 4 aliphatic rings. The number of halogens is 2. The van der Waals surface area contributed by atoms with Crippen molar-refractivity contribution in [2.45, 2.75) is 54.3 Å². The number of imidazole rings is 2. The zero-order chi connectivity index (χ0) is 43.5. The summed E-state index contributed by atoms with van der Waals surface area (Å²) >= 11 is 1.09. The number of anilines is 2. The van der Waals surface area contributed by atoms with Crippen LogP contribution < -0.4 is 10.6 Å². The largest absolute Gasteiger partial charge is 0.378 e. The normalized spacial score (nSPS) is 23.2. The number of aromatic nitrogens is 6. The zero-order valence-corrected chi connectivity index (χ0v) is 36.7. The standard InChI is InChI=1S/C26H28FN7O3S2.C18H23FN4O/c1-18(19-5-7-20(27)8-6-19)34-17-28-12-22(34)23-16-37-15-21-14-32(10-11-33(21)23)39(35,36)25-13-30-26(38-25)31-24-4-2-3-9-29-24;1-13(14-2-4-15(19)5-3-14)23-12-21-9-17(23)18-11-24-10-16-8-20-6-7-22(16)18/h2-9,12-13,17-18,21,23H,10-11,14-16H2,1H3,(H,29,30,31);2-5,9,12-13,16,18,20H,6-8,10-11H2,1H3/t18-,21?,23?;13-,16?,18?/m11/s1. The molecular weight excluding hydrogens is 849 g/mol. The maximum atomic E-state index is 13.5. The summed E-state index contributed by atoms with van der Waals surface area (Å²) in [5, 5.41) is 6.96. The maximum Gasteiger partial charge on any atom is 0.254 e. The topological polar surface area (TPSA) is 148 Å². The van der Waals surface area contributed by atoms with Gasteiger partial charge in [0.25, 0.3) is 10.0 Å². The first-order chi connectivity index (χ1) is 30.6. The minimum absolute atomic E-state index is 0.0506. The molecule has 0 radical (unpaired) electrons. The van der Waals surface area contributed by atoms with Crippen LogP contribution in [0.25, 0.3) is 0 Å². The lowest BCUT2D eigenvalue weighted by molar-refractivity contribution is -0.0731. The average Bonchev–Trinajstić information content (AvgIpc) is 4.12. The van der Waals surface area contributed by atoms with Crippen molar-refractivity contribution >= 4 is 32.3 Å². The number of morpholine rings is 2. The Labute approximate surface area is 369 Å². The number of nitrogens with zero attached hydrogens (tertiary/aromatic N) is 9. The highest BCUT2D eigenvalue weighted by atomic mass is 32.2. The van der Waals surface area contributed by atoms with E-state index in [1.165, 1.54) is 40.5 Å². The van der Waals surface area contributed by atoms with E-state index in [9.17, 15) is 17.2 Å². The number of piperazine rings is 2. The van der Waals surface area contributed by atoms with Crippen LogP contribution in [-0.2, 0) is 19.5 Å². The Bertz CT molecular complexity index is 2540. The Hall–Kier alpha value is -4.99. The van der Waals surface area contributed by atoms with Crippen molar-refractivity contribution in [3.05, 3.63) is 138 Å². The van der Waals surface area contributed by atoms with Gasteiger partial charge < -0.3 is 29.2 Å². The molecule has 4 aromatic heterocycles. The molecule has 2 N–H and O–H groups in total. The summed E-state index contributed by atoms with van der Waals surface area (Å²) in [5.41, 5.74) is 4.20. The number of hydrogen-bond acceptors (Lipinski definition) is 13. The number of rotatable bonds is 10. The third kappa shape index (κ3) is 9.33. The molecule has 0 saturated carbocycles. The van der Waals surface area contributed by atoms with Gasteiger partial charge in [-0.15, -0.1) is 0 Å². The second-order valence-electron chi connectivity index (χ2n) is 16.2. The lowest BCUT2D eigenvalue weighted by Crippen LogP contribution is -2.60. The van der Waals surface area contributed by atoms with Crippen molar-refractivity contribution in [3.8, 4) is 0 Å². The van der Waals surface area contributed by atoms with Crippen molar-refractivity contribution in [1.82, 2.24) is 48.5 Å². The van der Waals surface area contributed by atoms with Gasteiger partial charge in [-0.3, -0.25) is 9.80 Å². The predicted octanol–water partition coefficient (Wildman–Crippen LogP) is 5.65. The third-order valence-corrected chi connectivity index (χ3v) is 15.7. The van der Waals surface area contributed by atoms with Crippen molar-refractivity contribution in [3.63, 3.8) is 0 Å². The third-order valence-electron chi connectivity index (χ3n) is 12.5. The number of hydrogen-bond donors (Lipinski definition) is 2. The summed E-state index contributed by atoms with van der Waals surface area (Å²) in [7, 11) is -3.72. The molecule has 6 aromatic rings. The molecule has 0 spiro atoms. The molecule has 0 amide bonds.